The lowest BCUT2D eigenvalue weighted by Crippen LogP contribution is -2.46. The van der Waals surface area contributed by atoms with Crippen LogP contribution in [0.1, 0.15) is 25.5 Å². The van der Waals surface area contributed by atoms with E-state index in [9.17, 15) is 18.0 Å². The fraction of sp³-hybridized carbons (Fsp3) is 0.200. The maximum atomic E-state index is 13.5. The molecule has 0 spiro atoms. The van der Waals surface area contributed by atoms with Gasteiger partial charge in [-0.25, -0.2) is 9.07 Å². The number of fused-ring (bicyclic) bond motifs is 1. The van der Waals surface area contributed by atoms with E-state index in [0.717, 1.165) is 10.9 Å². The molecule has 4 aromatic rings. The molecule has 9 heteroatoms. The summed E-state index contributed by atoms with van der Waals surface area (Å²) in [5, 5.41) is 7.96. The number of ether oxygens (including phenoxy) is 1. The van der Waals surface area contributed by atoms with Crippen molar-refractivity contribution < 1.29 is 22.7 Å². The largest absolute Gasteiger partial charge is 0.484 e. The predicted octanol–water partition coefficient (Wildman–Crippen LogP) is 6.10. The summed E-state index contributed by atoms with van der Waals surface area (Å²) < 4.78 is 48.0. The molecule has 1 amide bonds. The second-order valence-electron chi connectivity index (χ2n) is 7.99. The SMILES string of the molecule is C[C@H](NC(=O)C(C)(F)F)[C@H](Oc1ccc2c(cnn2-c2ccc(F)cc2)c1)c1ccc(Cl)cc1. The van der Waals surface area contributed by atoms with Crippen molar-refractivity contribution in [2.45, 2.75) is 31.9 Å². The molecule has 0 unspecified atom stereocenters. The maximum Gasteiger partial charge on any atom is 0.321 e. The lowest BCUT2D eigenvalue weighted by atomic mass is 10.0. The van der Waals surface area contributed by atoms with E-state index in [1.807, 2.05) is 0 Å². The topological polar surface area (TPSA) is 56.1 Å². The Bertz CT molecular complexity index is 1300. The van der Waals surface area contributed by atoms with E-state index in [-0.39, 0.29) is 5.82 Å². The van der Waals surface area contributed by atoms with Gasteiger partial charge in [0.2, 0.25) is 0 Å². The van der Waals surface area contributed by atoms with E-state index in [4.69, 9.17) is 16.3 Å². The number of carbonyl (C=O) groups excluding carboxylic acids is 1. The highest BCUT2D eigenvalue weighted by molar-refractivity contribution is 6.30. The highest BCUT2D eigenvalue weighted by atomic mass is 35.5. The second-order valence-corrected chi connectivity index (χ2v) is 8.43. The van der Waals surface area contributed by atoms with Crippen LogP contribution in [0.3, 0.4) is 0 Å². The van der Waals surface area contributed by atoms with Gasteiger partial charge in [0.25, 0.3) is 5.91 Å². The number of hydrogen-bond donors (Lipinski definition) is 1. The zero-order valence-electron chi connectivity index (χ0n) is 18.3. The molecule has 0 saturated heterocycles. The average Bonchev–Trinajstić information content (AvgIpc) is 3.21. The molecule has 1 N–H and O–H groups in total. The number of hydrogen-bond acceptors (Lipinski definition) is 3. The highest BCUT2D eigenvalue weighted by Crippen LogP contribution is 2.30. The first-order chi connectivity index (χ1) is 16.1. The fourth-order valence-corrected chi connectivity index (χ4v) is 3.67. The van der Waals surface area contributed by atoms with Crippen LogP contribution in [0.4, 0.5) is 13.2 Å². The molecule has 0 aliphatic rings. The van der Waals surface area contributed by atoms with E-state index < -0.39 is 24.0 Å². The molecule has 0 aliphatic carbocycles. The van der Waals surface area contributed by atoms with Crippen LogP contribution in [0.15, 0.2) is 72.9 Å². The quantitative estimate of drug-likeness (QED) is 0.343. The Hall–Kier alpha value is -3.52. The Labute approximate surface area is 199 Å². The van der Waals surface area contributed by atoms with Crippen molar-refractivity contribution >= 4 is 28.4 Å². The summed E-state index contributed by atoms with van der Waals surface area (Å²) in [6, 6.07) is 17.2. The van der Waals surface area contributed by atoms with Gasteiger partial charge < -0.3 is 10.1 Å². The zero-order chi connectivity index (χ0) is 24.5. The minimum absolute atomic E-state index is 0.341. The molecule has 1 aromatic heterocycles. The Morgan fingerprint density at radius 3 is 2.41 bits per heavy atom. The first-order valence-electron chi connectivity index (χ1n) is 10.5. The molecule has 0 fully saturated rings. The summed E-state index contributed by atoms with van der Waals surface area (Å²) in [6.45, 7) is 2.13. The number of rotatable bonds is 7. The third-order valence-electron chi connectivity index (χ3n) is 5.28. The van der Waals surface area contributed by atoms with E-state index >= 15 is 0 Å². The monoisotopic (exact) mass is 487 g/mol. The first-order valence-corrected chi connectivity index (χ1v) is 10.8. The summed E-state index contributed by atoms with van der Waals surface area (Å²) in [5.41, 5.74) is 2.12. The van der Waals surface area contributed by atoms with E-state index in [0.29, 0.717) is 28.9 Å². The lowest BCUT2D eigenvalue weighted by Gasteiger charge is -2.27. The summed E-state index contributed by atoms with van der Waals surface area (Å²) in [5.74, 6) is -4.80. The van der Waals surface area contributed by atoms with E-state index in [1.165, 1.54) is 12.1 Å². The molecular formula is C25H21ClF3N3O2. The molecule has 1 heterocycles. The van der Waals surface area contributed by atoms with Gasteiger partial charge in [0.1, 0.15) is 17.7 Å². The molecule has 34 heavy (non-hydrogen) atoms. The number of halogens is 4. The number of alkyl halides is 2. The van der Waals surface area contributed by atoms with Crippen molar-refractivity contribution in [2.75, 3.05) is 0 Å². The van der Waals surface area contributed by atoms with Crippen molar-refractivity contribution in [3.05, 3.63) is 89.3 Å². The number of carbonyl (C=O) groups is 1. The molecular weight excluding hydrogens is 467 g/mol. The van der Waals surface area contributed by atoms with E-state index in [1.54, 1.807) is 72.4 Å². The third kappa shape index (κ3) is 5.17. The summed E-state index contributed by atoms with van der Waals surface area (Å²) in [6.07, 6.45) is 0.874. The lowest BCUT2D eigenvalue weighted by molar-refractivity contribution is -0.144. The van der Waals surface area contributed by atoms with Crippen LogP contribution < -0.4 is 10.1 Å². The van der Waals surface area contributed by atoms with Gasteiger partial charge in [0.05, 0.1) is 23.4 Å². The standard InChI is InChI=1S/C25H21ClF3N3O2/c1-15(31-24(33)25(2,28)29)23(16-3-5-18(26)6-4-16)34-21-11-12-22-17(13-21)14-30-32(22)20-9-7-19(27)8-10-20/h3-15,23H,1-2H3,(H,31,33)/t15-,23-/m0/s1. The van der Waals surface area contributed by atoms with Crippen molar-refractivity contribution in [2.24, 2.45) is 0 Å². The summed E-state index contributed by atoms with van der Waals surface area (Å²) in [4.78, 5) is 11.9. The van der Waals surface area contributed by atoms with Gasteiger partial charge in [-0.3, -0.25) is 4.79 Å². The second kappa shape index (κ2) is 9.38. The maximum absolute atomic E-state index is 13.5. The Balaban J connectivity index is 1.63. The van der Waals surface area contributed by atoms with Crippen LogP contribution in [-0.2, 0) is 4.79 Å². The minimum atomic E-state index is -3.52. The summed E-state index contributed by atoms with van der Waals surface area (Å²) >= 11 is 5.99. The van der Waals surface area contributed by atoms with Gasteiger partial charge in [-0.2, -0.15) is 13.9 Å². The number of nitrogens with zero attached hydrogens (tertiary/aromatic N) is 2. The van der Waals surface area contributed by atoms with Crippen LogP contribution in [0.5, 0.6) is 5.75 Å². The van der Waals surface area contributed by atoms with Crippen LogP contribution in [-0.4, -0.2) is 27.7 Å². The van der Waals surface area contributed by atoms with Crippen molar-refractivity contribution in [3.8, 4) is 11.4 Å². The Morgan fingerprint density at radius 1 is 1.09 bits per heavy atom. The van der Waals surface area contributed by atoms with Crippen molar-refractivity contribution in [3.63, 3.8) is 0 Å². The van der Waals surface area contributed by atoms with Crippen LogP contribution in [0, 0.1) is 5.82 Å². The molecule has 5 nitrogen and oxygen atoms in total. The molecule has 0 aliphatic heterocycles. The van der Waals surface area contributed by atoms with Crippen LogP contribution in [0.25, 0.3) is 16.6 Å². The fourth-order valence-electron chi connectivity index (χ4n) is 3.54. The third-order valence-corrected chi connectivity index (χ3v) is 5.54. The molecule has 2 atom stereocenters. The Morgan fingerprint density at radius 2 is 1.76 bits per heavy atom. The first kappa shape index (κ1) is 23.6. The number of nitrogens with one attached hydrogen (secondary N) is 1. The Kier molecular flexibility index (Phi) is 6.52. The number of benzene rings is 3. The number of aromatic nitrogens is 2. The van der Waals surface area contributed by atoms with Crippen molar-refractivity contribution in [1.29, 1.82) is 0 Å². The van der Waals surface area contributed by atoms with Gasteiger partial charge in [0.15, 0.2) is 0 Å². The normalized spacial score (nSPS) is 13.5. The van der Waals surface area contributed by atoms with Crippen LogP contribution in [0.2, 0.25) is 5.02 Å². The molecule has 0 radical (unpaired) electrons. The van der Waals surface area contributed by atoms with Gasteiger partial charge in [-0.05, 0) is 67.1 Å². The van der Waals surface area contributed by atoms with Gasteiger partial charge in [0, 0.05) is 17.3 Å². The van der Waals surface area contributed by atoms with Gasteiger partial charge >= 0.3 is 5.92 Å². The van der Waals surface area contributed by atoms with Gasteiger partial charge in [-0.15, -0.1) is 0 Å². The van der Waals surface area contributed by atoms with Gasteiger partial charge in [-0.1, -0.05) is 23.7 Å². The molecule has 3 aromatic carbocycles. The molecule has 0 bridgehead atoms. The van der Waals surface area contributed by atoms with Crippen molar-refractivity contribution in [1.82, 2.24) is 15.1 Å². The number of amides is 1. The van der Waals surface area contributed by atoms with E-state index in [2.05, 4.69) is 10.4 Å². The minimum Gasteiger partial charge on any atom is -0.484 e. The highest BCUT2D eigenvalue weighted by Gasteiger charge is 2.35. The summed E-state index contributed by atoms with van der Waals surface area (Å²) in [7, 11) is 0. The predicted molar refractivity (Wildman–Crippen MR) is 124 cm³/mol. The van der Waals surface area contributed by atoms with Crippen LogP contribution >= 0.6 is 11.6 Å². The smallest absolute Gasteiger partial charge is 0.321 e. The molecule has 176 valence electrons. The average molecular weight is 488 g/mol. The molecule has 0 saturated carbocycles. The zero-order valence-corrected chi connectivity index (χ0v) is 19.1. The molecule has 4 rings (SSSR count).